The number of hydrogen-bond donors (Lipinski definition) is 1. The Bertz CT molecular complexity index is 93.7. The van der Waals surface area contributed by atoms with E-state index in [-0.39, 0.29) is 6.42 Å². The third-order valence-electron chi connectivity index (χ3n) is 0.612. The number of hydrogen-bond acceptors (Lipinski definition) is 1. The lowest BCUT2D eigenvalue weighted by atomic mass is 10.3. The molecule has 0 saturated heterocycles. The number of allylic oxidation sites excluding steroid dienone is 1. The molecule has 0 spiro atoms. The molecule has 0 rings (SSSR count). The second-order valence-electron chi connectivity index (χ2n) is 1.24. The zero-order chi connectivity index (χ0) is 7.33. The molecule has 1 N–H and O–H groups in total. The SMILES string of the molecule is [2H]C([2H])(O)C/C=C\CC. The van der Waals surface area contributed by atoms with E-state index in [9.17, 15) is 0 Å². The molecule has 0 aromatic carbocycles. The number of rotatable bonds is 3. The minimum atomic E-state index is -2.04. The smallest absolute Gasteiger partial charge is 0.0567 e. The van der Waals surface area contributed by atoms with Gasteiger partial charge in [0.25, 0.3) is 0 Å². The van der Waals surface area contributed by atoms with Crippen LogP contribution in [-0.2, 0) is 0 Å². The van der Waals surface area contributed by atoms with Crippen molar-refractivity contribution in [2.75, 3.05) is 6.56 Å². The number of aliphatic hydroxyl groups is 1. The van der Waals surface area contributed by atoms with Gasteiger partial charge in [-0.3, -0.25) is 0 Å². The molecule has 0 aliphatic heterocycles. The van der Waals surface area contributed by atoms with E-state index in [1.807, 2.05) is 13.0 Å². The maximum absolute atomic E-state index is 8.53. The van der Waals surface area contributed by atoms with Gasteiger partial charge in [-0.15, -0.1) is 0 Å². The zero-order valence-corrected chi connectivity index (χ0v) is 4.52. The lowest BCUT2D eigenvalue weighted by molar-refractivity contribution is 0.302. The molecule has 0 aliphatic carbocycles. The molecule has 7 heavy (non-hydrogen) atoms. The fraction of sp³-hybridized carbons (Fsp3) is 0.667. The van der Waals surface area contributed by atoms with Crippen LogP contribution in [0.4, 0.5) is 0 Å². The van der Waals surface area contributed by atoms with Gasteiger partial charge in [-0.1, -0.05) is 19.1 Å². The quantitative estimate of drug-likeness (QED) is 0.533. The van der Waals surface area contributed by atoms with Crippen LogP contribution in [0.5, 0.6) is 0 Å². The van der Waals surface area contributed by atoms with Crippen molar-refractivity contribution >= 4 is 0 Å². The largest absolute Gasteiger partial charge is 0.396 e. The van der Waals surface area contributed by atoms with E-state index in [1.165, 1.54) is 0 Å². The first kappa shape index (κ1) is 3.67. The van der Waals surface area contributed by atoms with Gasteiger partial charge in [0.2, 0.25) is 0 Å². The van der Waals surface area contributed by atoms with Gasteiger partial charge in [0.1, 0.15) is 0 Å². The first-order valence-corrected chi connectivity index (χ1v) is 2.43. The third kappa shape index (κ3) is 5.70. The Morgan fingerprint density at radius 3 is 2.86 bits per heavy atom. The van der Waals surface area contributed by atoms with Crippen molar-refractivity contribution in [3.05, 3.63) is 12.2 Å². The molecule has 1 heteroatoms. The monoisotopic (exact) mass is 102 g/mol. The molecule has 0 fully saturated rings. The van der Waals surface area contributed by atoms with E-state index in [4.69, 9.17) is 7.85 Å². The normalized spacial score (nSPS) is 16.9. The molecular formula is C6H12O. The van der Waals surface area contributed by atoms with E-state index in [1.54, 1.807) is 6.08 Å². The van der Waals surface area contributed by atoms with Crippen LogP contribution in [0.2, 0.25) is 0 Å². The van der Waals surface area contributed by atoms with Gasteiger partial charge in [0, 0.05) is 6.56 Å². The summed E-state index contributed by atoms with van der Waals surface area (Å²) in [6.45, 7) is -0.0743. The van der Waals surface area contributed by atoms with Crippen LogP contribution in [0.3, 0.4) is 0 Å². The summed E-state index contributed by atoms with van der Waals surface area (Å²) < 4.78 is 13.4. The Hall–Kier alpha value is -0.300. The summed E-state index contributed by atoms with van der Waals surface area (Å²) in [7, 11) is 0. The summed E-state index contributed by atoms with van der Waals surface area (Å²) >= 11 is 0. The molecule has 1 nitrogen and oxygen atoms in total. The van der Waals surface area contributed by atoms with Gasteiger partial charge in [0.15, 0.2) is 0 Å². The summed E-state index contributed by atoms with van der Waals surface area (Å²) in [4.78, 5) is 0. The molecule has 0 unspecified atom stereocenters. The summed E-state index contributed by atoms with van der Waals surface area (Å²) in [5.74, 6) is 0. The predicted octanol–water partition coefficient (Wildman–Crippen LogP) is 1.33. The Balaban J connectivity index is 3.38. The maximum atomic E-state index is 8.53. The lowest BCUT2D eigenvalue weighted by Gasteiger charge is -1.79. The minimum absolute atomic E-state index is 0.0842. The van der Waals surface area contributed by atoms with Gasteiger partial charge < -0.3 is 5.11 Å². The Morgan fingerprint density at radius 1 is 1.71 bits per heavy atom. The van der Waals surface area contributed by atoms with Crippen molar-refractivity contribution in [1.82, 2.24) is 0 Å². The summed E-state index contributed by atoms with van der Waals surface area (Å²) in [6.07, 6.45) is 4.44. The lowest BCUT2D eigenvalue weighted by Crippen LogP contribution is -1.73. The summed E-state index contributed by atoms with van der Waals surface area (Å²) in [5, 5.41) is 8.53. The Kier molecular flexibility index (Phi) is 2.99. The molecule has 0 aromatic heterocycles. The van der Waals surface area contributed by atoms with Crippen molar-refractivity contribution < 1.29 is 7.85 Å². The van der Waals surface area contributed by atoms with Crippen LogP contribution in [-0.4, -0.2) is 11.7 Å². The molecule has 0 bridgehead atoms. The molecule has 0 saturated carbocycles. The second-order valence-corrected chi connectivity index (χ2v) is 1.24. The van der Waals surface area contributed by atoms with Gasteiger partial charge >= 0.3 is 0 Å². The van der Waals surface area contributed by atoms with Crippen LogP contribution in [0.1, 0.15) is 22.5 Å². The van der Waals surface area contributed by atoms with Gasteiger partial charge in [-0.05, 0) is 12.8 Å². The van der Waals surface area contributed by atoms with Crippen molar-refractivity contribution in [3.8, 4) is 0 Å². The van der Waals surface area contributed by atoms with Crippen molar-refractivity contribution in [3.63, 3.8) is 0 Å². The van der Waals surface area contributed by atoms with E-state index in [2.05, 4.69) is 0 Å². The van der Waals surface area contributed by atoms with E-state index in [0.717, 1.165) is 6.42 Å². The summed E-state index contributed by atoms with van der Waals surface area (Å²) in [5.41, 5.74) is 0. The second kappa shape index (κ2) is 5.70. The van der Waals surface area contributed by atoms with E-state index < -0.39 is 6.56 Å². The van der Waals surface area contributed by atoms with Crippen LogP contribution in [0.25, 0.3) is 0 Å². The van der Waals surface area contributed by atoms with E-state index >= 15 is 0 Å². The highest BCUT2D eigenvalue weighted by Gasteiger charge is 1.68. The summed E-state index contributed by atoms with van der Waals surface area (Å²) in [6, 6.07) is 0. The van der Waals surface area contributed by atoms with Crippen LogP contribution >= 0.6 is 0 Å². The standard InChI is InChI=1S/C6H12O/c1-2-3-4-5-6-7/h3-4,7H,2,5-6H2,1H3/b4-3-/i6D2. The maximum Gasteiger partial charge on any atom is 0.0567 e. The minimum Gasteiger partial charge on any atom is -0.396 e. The highest BCUT2D eigenvalue weighted by molar-refractivity contribution is 4.79. The highest BCUT2D eigenvalue weighted by atomic mass is 16.2. The fourth-order valence-corrected chi connectivity index (χ4v) is 0.303. The molecule has 0 heterocycles. The van der Waals surface area contributed by atoms with Crippen LogP contribution in [0, 0.1) is 0 Å². The Labute approximate surface area is 47.5 Å². The molecule has 0 aliphatic rings. The first-order valence-electron chi connectivity index (χ1n) is 3.43. The third-order valence-corrected chi connectivity index (χ3v) is 0.612. The average Bonchev–Trinajstić information content (AvgIpc) is 1.63. The van der Waals surface area contributed by atoms with Crippen molar-refractivity contribution in [2.45, 2.75) is 19.8 Å². The van der Waals surface area contributed by atoms with Gasteiger partial charge in [0.05, 0.1) is 2.74 Å². The first-order chi connectivity index (χ1) is 4.06. The molecule has 42 valence electrons. The molecule has 0 radical (unpaired) electrons. The molecular weight excluding hydrogens is 88.1 g/mol. The highest BCUT2D eigenvalue weighted by Crippen LogP contribution is 1.82. The van der Waals surface area contributed by atoms with Gasteiger partial charge in [-0.2, -0.15) is 0 Å². The fourth-order valence-electron chi connectivity index (χ4n) is 0.303. The molecule has 0 aromatic rings. The average molecular weight is 102 g/mol. The zero-order valence-electron chi connectivity index (χ0n) is 6.52. The van der Waals surface area contributed by atoms with Crippen LogP contribution in [0.15, 0.2) is 12.2 Å². The molecule has 0 atom stereocenters. The Morgan fingerprint density at radius 2 is 2.43 bits per heavy atom. The van der Waals surface area contributed by atoms with E-state index in [0.29, 0.717) is 0 Å². The molecule has 0 amide bonds. The van der Waals surface area contributed by atoms with Crippen LogP contribution < -0.4 is 0 Å². The van der Waals surface area contributed by atoms with Crippen molar-refractivity contribution in [1.29, 1.82) is 0 Å². The van der Waals surface area contributed by atoms with Gasteiger partial charge in [-0.25, -0.2) is 0 Å². The topological polar surface area (TPSA) is 20.2 Å². The van der Waals surface area contributed by atoms with Crippen molar-refractivity contribution in [2.24, 2.45) is 0 Å². The predicted molar refractivity (Wildman–Crippen MR) is 31.1 cm³/mol.